The maximum absolute atomic E-state index is 12.0. The van der Waals surface area contributed by atoms with Crippen LogP contribution < -0.4 is 11.1 Å². The van der Waals surface area contributed by atoms with Crippen LogP contribution in [0.25, 0.3) is 0 Å². The van der Waals surface area contributed by atoms with Gasteiger partial charge in [0.25, 0.3) is 0 Å². The van der Waals surface area contributed by atoms with Crippen LogP contribution in [0, 0.1) is 0 Å². The molecule has 0 saturated carbocycles. The molecule has 0 radical (unpaired) electrons. The van der Waals surface area contributed by atoms with Crippen molar-refractivity contribution < 1.29 is 4.79 Å². The van der Waals surface area contributed by atoms with E-state index in [9.17, 15) is 4.79 Å². The minimum Gasteiger partial charge on any atom is -0.325 e. The van der Waals surface area contributed by atoms with Gasteiger partial charge in [0.05, 0.1) is 11.1 Å². The third kappa shape index (κ3) is 4.84. The van der Waals surface area contributed by atoms with Crippen molar-refractivity contribution in [3.8, 4) is 0 Å². The summed E-state index contributed by atoms with van der Waals surface area (Å²) in [5.41, 5.74) is 7.78. The highest BCUT2D eigenvalue weighted by atomic mass is 79.9. The number of hydrogen-bond donors (Lipinski definition) is 2. The molecule has 5 heteroatoms. The molecule has 2 aromatic carbocycles. The van der Waals surface area contributed by atoms with Crippen LogP contribution in [0.15, 0.2) is 53.0 Å². The monoisotopic (exact) mass is 366 g/mol. The number of amides is 1. The van der Waals surface area contributed by atoms with E-state index in [-0.39, 0.29) is 5.91 Å². The first-order valence-corrected chi connectivity index (χ1v) is 7.79. The molecule has 0 bridgehead atoms. The Morgan fingerprint density at radius 1 is 1.24 bits per heavy atom. The number of aryl methyl sites for hydroxylation is 1. The Morgan fingerprint density at radius 2 is 1.95 bits per heavy atom. The van der Waals surface area contributed by atoms with Crippen LogP contribution in [0.2, 0.25) is 5.02 Å². The van der Waals surface area contributed by atoms with Crippen LogP contribution in [0.1, 0.15) is 12.0 Å². The highest BCUT2D eigenvalue weighted by molar-refractivity contribution is 9.10. The lowest BCUT2D eigenvalue weighted by molar-refractivity contribution is -0.117. The summed E-state index contributed by atoms with van der Waals surface area (Å²) in [7, 11) is 0. The molecular weight excluding hydrogens is 352 g/mol. The Kier molecular flexibility index (Phi) is 5.79. The van der Waals surface area contributed by atoms with Crippen molar-refractivity contribution >= 4 is 39.1 Å². The Labute approximate surface area is 137 Å². The number of benzene rings is 2. The summed E-state index contributed by atoms with van der Waals surface area (Å²) in [5, 5.41) is 3.39. The molecule has 1 amide bonds. The molecule has 0 aromatic heterocycles. The minimum absolute atomic E-state index is 0.194. The molecule has 110 valence electrons. The molecule has 0 aliphatic heterocycles. The lowest BCUT2D eigenvalue weighted by atomic mass is 10.1. The smallest absolute Gasteiger partial charge is 0.241 e. The topological polar surface area (TPSA) is 55.1 Å². The standard InChI is InChI=1S/C16H16BrClN2O/c17-13-10-12(7-8-14(13)18)20-16(21)15(19)9-6-11-4-2-1-3-5-11/h1-5,7-8,10,15H,6,9,19H2,(H,20,21). The van der Waals surface area contributed by atoms with E-state index in [2.05, 4.69) is 21.2 Å². The molecule has 0 aliphatic carbocycles. The highest BCUT2D eigenvalue weighted by Crippen LogP contribution is 2.25. The second-order valence-corrected chi connectivity index (χ2v) is 6.01. The number of hydrogen-bond acceptors (Lipinski definition) is 2. The summed E-state index contributed by atoms with van der Waals surface area (Å²) in [6.45, 7) is 0. The molecule has 1 atom stereocenters. The van der Waals surface area contributed by atoms with Gasteiger partial charge in [-0.3, -0.25) is 4.79 Å². The van der Waals surface area contributed by atoms with Gasteiger partial charge in [0.2, 0.25) is 5.91 Å². The van der Waals surface area contributed by atoms with Crippen LogP contribution in [0.4, 0.5) is 5.69 Å². The largest absolute Gasteiger partial charge is 0.325 e. The second kappa shape index (κ2) is 7.59. The summed E-state index contributed by atoms with van der Waals surface area (Å²) < 4.78 is 0.736. The fraction of sp³-hybridized carbons (Fsp3) is 0.188. The zero-order valence-corrected chi connectivity index (χ0v) is 13.7. The van der Waals surface area contributed by atoms with Gasteiger partial charge in [-0.1, -0.05) is 41.9 Å². The van der Waals surface area contributed by atoms with Crippen molar-refractivity contribution in [1.82, 2.24) is 0 Å². The number of rotatable bonds is 5. The van der Waals surface area contributed by atoms with Crippen LogP contribution >= 0.6 is 27.5 Å². The Morgan fingerprint density at radius 3 is 2.62 bits per heavy atom. The molecule has 2 aromatic rings. The molecule has 0 heterocycles. The predicted molar refractivity (Wildman–Crippen MR) is 90.5 cm³/mol. The molecule has 1 unspecified atom stereocenters. The maximum Gasteiger partial charge on any atom is 0.241 e. The average molecular weight is 368 g/mol. The summed E-state index contributed by atoms with van der Waals surface area (Å²) in [6, 6.07) is 14.7. The number of nitrogens with two attached hydrogens (primary N) is 1. The predicted octanol–water partition coefficient (Wildman–Crippen LogP) is 4.00. The van der Waals surface area contributed by atoms with Crippen molar-refractivity contribution in [3.05, 3.63) is 63.6 Å². The third-order valence-corrected chi connectivity index (χ3v) is 4.32. The molecule has 3 nitrogen and oxygen atoms in total. The third-order valence-electron chi connectivity index (χ3n) is 3.11. The van der Waals surface area contributed by atoms with E-state index in [1.54, 1.807) is 18.2 Å². The Hall–Kier alpha value is -1.36. The van der Waals surface area contributed by atoms with E-state index in [1.807, 2.05) is 30.3 Å². The van der Waals surface area contributed by atoms with Gasteiger partial charge >= 0.3 is 0 Å². The van der Waals surface area contributed by atoms with Crippen LogP contribution in [-0.4, -0.2) is 11.9 Å². The lowest BCUT2D eigenvalue weighted by Gasteiger charge is -2.12. The molecular formula is C16H16BrClN2O. The lowest BCUT2D eigenvalue weighted by Crippen LogP contribution is -2.36. The van der Waals surface area contributed by atoms with Crippen molar-refractivity contribution in [2.45, 2.75) is 18.9 Å². The first-order valence-electron chi connectivity index (χ1n) is 6.61. The van der Waals surface area contributed by atoms with E-state index in [4.69, 9.17) is 17.3 Å². The number of anilines is 1. The van der Waals surface area contributed by atoms with Crippen LogP contribution in [0.3, 0.4) is 0 Å². The summed E-state index contributed by atoms with van der Waals surface area (Å²) in [4.78, 5) is 12.0. The quantitative estimate of drug-likeness (QED) is 0.839. The fourth-order valence-corrected chi connectivity index (χ4v) is 2.40. The van der Waals surface area contributed by atoms with E-state index in [0.717, 1.165) is 10.9 Å². The first kappa shape index (κ1) is 16.0. The van der Waals surface area contributed by atoms with Gasteiger partial charge in [-0.15, -0.1) is 0 Å². The van der Waals surface area contributed by atoms with Gasteiger partial charge in [0.1, 0.15) is 0 Å². The van der Waals surface area contributed by atoms with Gasteiger partial charge in [-0.05, 0) is 52.5 Å². The Bertz CT molecular complexity index is 619. The maximum atomic E-state index is 12.0. The minimum atomic E-state index is -0.542. The Balaban J connectivity index is 1.89. The summed E-state index contributed by atoms with van der Waals surface area (Å²) in [6.07, 6.45) is 1.38. The molecule has 0 fully saturated rings. The van der Waals surface area contributed by atoms with Gasteiger partial charge < -0.3 is 11.1 Å². The van der Waals surface area contributed by atoms with Gasteiger partial charge in [0, 0.05) is 10.2 Å². The van der Waals surface area contributed by atoms with Crippen molar-refractivity contribution in [3.63, 3.8) is 0 Å². The SMILES string of the molecule is NC(CCc1ccccc1)C(=O)Nc1ccc(Cl)c(Br)c1. The number of carbonyl (C=O) groups is 1. The molecule has 21 heavy (non-hydrogen) atoms. The number of halogens is 2. The van der Waals surface area contributed by atoms with Gasteiger partial charge in [0.15, 0.2) is 0 Å². The summed E-state index contributed by atoms with van der Waals surface area (Å²) >= 11 is 9.23. The van der Waals surface area contributed by atoms with E-state index >= 15 is 0 Å². The van der Waals surface area contributed by atoms with E-state index < -0.39 is 6.04 Å². The zero-order valence-electron chi connectivity index (χ0n) is 11.4. The first-order chi connectivity index (χ1) is 10.1. The molecule has 0 spiro atoms. The molecule has 0 aliphatic rings. The average Bonchev–Trinajstić information content (AvgIpc) is 2.49. The zero-order chi connectivity index (χ0) is 15.2. The van der Waals surface area contributed by atoms with Crippen molar-refractivity contribution in [2.24, 2.45) is 5.73 Å². The van der Waals surface area contributed by atoms with Crippen LogP contribution in [0.5, 0.6) is 0 Å². The molecule has 2 rings (SSSR count). The molecule has 3 N–H and O–H groups in total. The molecule has 0 saturated heterocycles. The van der Waals surface area contributed by atoms with Crippen molar-refractivity contribution in [1.29, 1.82) is 0 Å². The van der Waals surface area contributed by atoms with Crippen LogP contribution in [-0.2, 0) is 11.2 Å². The number of nitrogens with one attached hydrogen (secondary N) is 1. The van der Waals surface area contributed by atoms with E-state index in [0.29, 0.717) is 17.1 Å². The number of carbonyl (C=O) groups excluding carboxylic acids is 1. The van der Waals surface area contributed by atoms with Crippen molar-refractivity contribution in [2.75, 3.05) is 5.32 Å². The highest BCUT2D eigenvalue weighted by Gasteiger charge is 2.14. The normalized spacial score (nSPS) is 12.0. The summed E-state index contributed by atoms with van der Waals surface area (Å²) in [5.74, 6) is -0.194. The second-order valence-electron chi connectivity index (χ2n) is 4.75. The van der Waals surface area contributed by atoms with E-state index in [1.165, 1.54) is 5.56 Å². The van der Waals surface area contributed by atoms with Gasteiger partial charge in [-0.25, -0.2) is 0 Å². The fourth-order valence-electron chi connectivity index (χ4n) is 1.91. The van der Waals surface area contributed by atoms with Gasteiger partial charge in [-0.2, -0.15) is 0 Å².